The molecule has 2 heterocycles. The molecular weight excluding hydrogens is 388 g/mol. The van der Waals surface area contributed by atoms with Crippen molar-refractivity contribution in [2.45, 2.75) is 32.6 Å². The first-order valence-electron chi connectivity index (χ1n) is 9.73. The predicted octanol–water partition coefficient (Wildman–Crippen LogP) is 4.44. The number of halogens is 1. The first kappa shape index (κ1) is 19.6. The van der Waals surface area contributed by atoms with Crippen LogP contribution in [0.25, 0.3) is 5.69 Å². The molecule has 4 rings (SSSR count). The Bertz CT molecular complexity index is 1050. The predicted molar refractivity (Wildman–Crippen MR) is 114 cm³/mol. The average molecular weight is 411 g/mol. The molecule has 7 heteroatoms. The van der Waals surface area contributed by atoms with Gasteiger partial charge >= 0.3 is 0 Å². The fourth-order valence-electron chi connectivity index (χ4n) is 3.80. The molecule has 0 saturated carbocycles. The molecule has 0 radical (unpaired) electrons. The van der Waals surface area contributed by atoms with Gasteiger partial charge in [0.25, 0.3) is 0 Å². The highest BCUT2D eigenvalue weighted by Crippen LogP contribution is 2.39. The molecule has 6 nitrogen and oxygen atoms in total. The molecule has 0 aliphatic carbocycles. The van der Waals surface area contributed by atoms with Crippen LogP contribution < -0.4 is 4.90 Å². The van der Waals surface area contributed by atoms with Crippen molar-refractivity contribution in [2.75, 3.05) is 18.1 Å². The summed E-state index contributed by atoms with van der Waals surface area (Å²) in [5.41, 5.74) is 3.51. The number of anilines is 2. The molecule has 0 bridgehead atoms. The van der Waals surface area contributed by atoms with E-state index < -0.39 is 0 Å². The third-order valence-corrected chi connectivity index (χ3v) is 5.53. The summed E-state index contributed by atoms with van der Waals surface area (Å²) in [6, 6.07) is 13.4. The Morgan fingerprint density at radius 2 is 1.93 bits per heavy atom. The molecule has 3 aromatic rings. The molecular formula is C22H23ClN4O2. The summed E-state index contributed by atoms with van der Waals surface area (Å²) in [6.07, 6.45) is 0.784. The number of nitrogens with zero attached hydrogens (tertiary/aromatic N) is 4. The van der Waals surface area contributed by atoms with Gasteiger partial charge in [-0.05, 0) is 55.8 Å². The Labute approximate surface area is 174 Å². The van der Waals surface area contributed by atoms with E-state index >= 15 is 0 Å². The van der Waals surface area contributed by atoms with Gasteiger partial charge in [-0.1, -0.05) is 18.5 Å². The number of aliphatic hydroxyl groups excluding tert-OH is 1. The van der Waals surface area contributed by atoms with Crippen LogP contribution in [0.15, 0.2) is 42.5 Å². The fourth-order valence-corrected chi connectivity index (χ4v) is 3.93. The minimum absolute atomic E-state index is 0.00829. The molecule has 0 fully saturated rings. The Morgan fingerprint density at radius 3 is 2.66 bits per heavy atom. The van der Waals surface area contributed by atoms with E-state index in [1.807, 2.05) is 49.4 Å². The van der Waals surface area contributed by atoms with E-state index in [4.69, 9.17) is 16.7 Å². The van der Waals surface area contributed by atoms with Crippen molar-refractivity contribution >= 4 is 28.8 Å². The second kappa shape index (κ2) is 7.97. The lowest BCUT2D eigenvalue weighted by molar-refractivity contribution is 0.0971. The first-order chi connectivity index (χ1) is 14.0. The maximum Gasteiger partial charge on any atom is 0.163 e. The topological polar surface area (TPSA) is 71.2 Å². The van der Waals surface area contributed by atoms with Crippen LogP contribution >= 0.6 is 11.6 Å². The molecule has 150 valence electrons. The number of aromatic nitrogens is 3. The molecule has 1 N–H and O–H groups in total. The highest BCUT2D eigenvalue weighted by molar-refractivity contribution is 6.30. The van der Waals surface area contributed by atoms with Crippen LogP contribution in [0.2, 0.25) is 5.02 Å². The van der Waals surface area contributed by atoms with Gasteiger partial charge in [-0.3, -0.25) is 9.36 Å². The highest BCUT2D eigenvalue weighted by Gasteiger charge is 2.28. The summed E-state index contributed by atoms with van der Waals surface area (Å²) in [5, 5.41) is 18.4. The number of hydrogen-bond donors (Lipinski definition) is 1. The number of benzene rings is 2. The lowest BCUT2D eigenvalue weighted by Crippen LogP contribution is -2.22. The van der Waals surface area contributed by atoms with Crippen LogP contribution in [0, 0.1) is 6.92 Å². The van der Waals surface area contributed by atoms with Crippen molar-refractivity contribution in [1.29, 1.82) is 0 Å². The van der Waals surface area contributed by atoms with Crippen molar-refractivity contribution in [3.05, 3.63) is 64.7 Å². The Morgan fingerprint density at radius 1 is 1.17 bits per heavy atom. The molecule has 1 aliphatic rings. The lowest BCUT2D eigenvalue weighted by atomic mass is 10.0. The monoisotopic (exact) mass is 410 g/mol. The minimum Gasteiger partial charge on any atom is -0.396 e. The summed E-state index contributed by atoms with van der Waals surface area (Å²) in [6.45, 7) is 4.77. The van der Waals surface area contributed by atoms with Crippen LogP contribution in [0.1, 0.15) is 47.7 Å². The van der Waals surface area contributed by atoms with Crippen molar-refractivity contribution < 1.29 is 9.90 Å². The van der Waals surface area contributed by atoms with Crippen molar-refractivity contribution in [3.8, 4) is 5.69 Å². The average Bonchev–Trinajstić information content (AvgIpc) is 3.06. The molecule has 0 spiro atoms. The SMILES string of the molecule is Cc1nnc2n1-c1ccc(C(=O)CCCO)cc1N(c1ccc(Cl)cc1)C[C@H]2C. The van der Waals surface area contributed by atoms with Gasteiger partial charge in [0.15, 0.2) is 5.78 Å². The third-order valence-electron chi connectivity index (χ3n) is 5.28. The zero-order valence-corrected chi connectivity index (χ0v) is 17.2. The number of fused-ring (bicyclic) bond motifs is 3. The summed E-state index contributed by atoms with van der Waals surface area (Å²) < 4.78 is 2.07. The quantitative estimate of drug-likeness (QED) is 0.629. The zero-order valence-electron chi connectivity index (χ0n) is 16.5. The maximum absolute atomic E-state index is 12.6. The van der Waals surface area contributed by atoms with Gasteiger partial charge in [-0.15, -0.1) is 10.2 Å². The molecule has 0 saturated heterocycles. The van der Waals surface area contributed by atoms with Crippen LogP contribution in [0.5, 0.6) is 0 Å². The minimum atomic E-state index is 0.00829. The molecule has 0 unspecified atom stereocenters. The molecule has 1 aromatic heterocycles. The number of aliphatic hydroxyl groups is 1. The summed E-state index contributed by atoms with van der Waals surface area (Å²) in [5.74, 6) is 1.87. The molecule has 1 aliphatic heterocycles. The second-order valence-electron chi connectivity index (χ2n) is 7.38. The summed E-state index contributed by atoms with van der Waals surface area (Å²) in [4.78, 5) is 14.8. The van der Waals surface area contributed by atoms with Gasteiger partial charge in [0.05, 0.1) is 11.4 Å². The van der Waals surface area contributed by atoms with E-state index in [0.29, 0.717) is 30.0 Å². The van der Waals surface area contributed by atoms with E-state index in [1.165, 1.54) is 0 Å². The lowest BCUT2D eigenvalue weighted by Gasteiger charge is -2.27. The molecule has 2 aromatic carbocycles. The van der Waals surface area contributed by atoms with Gasteiger partial charge < -0.3 is 10.0 Å². The van der Waals surface area contributed by atoms with Gasteiger partial charge in [0, 0.05) is 41.8 Å². The van der Waals surface area contributed by atoms with E-state index in [-0.39, 0.29) is 18.3 Å². The van der Waals surface area contributed by atoms with Crippen molar-refractivity contribution in [1.82, 2.24) is 14.8 Å². The Hall–Kier alpha value is -2.70. The molecule has 1 atom stereocenters. The molecule has 0 amide bonds. The van der Waals surface area contributed by atoms with Gasteiger partial charge in [-0.25, -0.2) is 0 Å². The Kier molecular flexibility index (Phi) is 5.39. The third kappa shape index (κ3) is 3.66. The largest absolute Gasteiger partial charge is 0.396 e. The Balaban J connectivity index is 1.88. The van der Waals surface area contributed by atoms with E-state index in [0.717, 1.165) is 28.7 Å². The van der Waals surface area contributed by atoms with E-state index in [2.05, 4.69) is 26.6 Å². The van der Waals surface area contributed by atoms with Gasteiger partial charge in [0.1, 0.15) is 11.6 Å². The number of Topliss-reactive ketones (excluding diaryl/α,β-unsaturated/α-hetero) is 1. The number of carbonyl (C=O) groups is 1. The van der Waals surface area contributed by atoms with Crippen LogP contribution in [-0.4, -0.2) is 38.8 Å². The van der Waals surface area contributed by atoms with Crippen molar-refractivity contribution in [3.63, 3.8) is 0 Å². The second-order valence-corrected chi connectivity index (χ2v) is 7.82. The van der Waals surface area contributed by atoms with Gasteiger partial charge in [-0.2, -0.15) is 0 Å². The smallest absolute Gasteiger partial charge is 0.163 e. The highest BCUT2D eigenvalue weighted by atomic mass is 35.5. The van der Waals surface area contributed by atoms with Crippen LogP contribution in [0.3, 0.4) is 0 Å². The maximum atomic E-state index is 12.6. The number of rotatable bonds is 5. The molecule has 29 heavy (non-hydrogen) atoms. The number of carbonyl (C=O) groups excluding carboxylic acids is 1. The van der Waals surface area contributed by atoms with Gasteiger partial charge in [0.2, 0.25) is 0 Å². The summed E-state index contributed by atoms with van der Waals surface area (Å²) in [7, 11) is 0. The zero-order chi connectivity index (χ0) is 20.5. The normalized spacial score (nSPS) is 15.6. The van der Waals surface area contributed by atoms with Crippen LogP contribution in [-0.2, 0) is 0 Å². The van der Waals surface area contributed by atoms with Crippen molar-refractivity contribution in [2.24, 2.45) is 0 Å². The number of aryl methyl sites for hydroxylation is 1. The standard InChI is InChI=1S/C22H23ClN4O2/c1-14-13-26(18-8-6-17(23)7-9-18)20-12-16(21(29)4-3-11-28)5-10-19(20)27-15(2)24-25-22(14)27/h5-10,12,14,28H,3-4,11,13H2,1-2H3/t14-/m1/s1. The van der Waals surface area contributed by atoms with E-state index in [1.54, 1.807) is 0 Å². The summed E-state index contributed by atoms with van der Waals surface area (Å²) >= 11 is 6.10. The number of ketones is 1. The van der Waals surface area contributed by atoms with Crippen LogP contribution in [0.4, 0.5) is 11.4 Å². The fraction of sp³-hybridized carbons (Fsp3) is 0.318. The first-order valence-corrected chi connectivity index (χ1v) is 10.1. The van der Waals surface area contributed by atoms with E-state index in [9.17, 15) is 4.79 Å². The number of hydrogen-bond acceptors (Lipinski definition) is 5.